The number of rotatable bonds is 4. The van der Waals surface area contributed by atoms with Gasteiger partial charge in [-0.25, -0.2) is 0 Å². The first kappa shape index (κ1) is 13.4. The van der Waals surface area contributed by atoms with Gasteiger partial charge >= 0.3 is 0 Å². The minimum Gasteiger partial charge on any atom is -0.384 e. The zero-order valence-electron chi connectivity index (χ0n) is 12.0. The summed E-state index contributed by atoms with van der Waals surface area (Å²) in [6.07, 6.45) is 4.31. The summed E-state index contributed by atoms with van der Waals surface area (Å²) in [6.45, 7) is 2.14. The lowest BCUT2D eigenvalue weighted by atomic mass is 9.76. The smallest absolute Gasteiger partial charge is 0.105 e. The molecule has 1 nitrogen and oxygen atoms in total. The van der Waals surface area contributed by atoms with Crippen LogP contribution in [0.5, 0.6) is 0 Å². The van der Waals surface area contributed by atoms with Crippen molar-refractivity contribution in [3.05, 3.63) is 70.8 Å². The van der Waals surface area contributed by atoms with Crippen molar-refractivity contribution in [2.45, 2.75) is 44.6 Å². The molecule has 1 saturated carbocycles. The Labute approximate surface area is 121 Å². The van der Waals surface area contributed by atoms with Crippen LogP contribution in [-0.2, 0) is 6.42 Å². The highest BCUT2D eigenvalue weighted by atomic mass is 16.3. The molecular weight excluding hydrogens is 244 g/mol. The van der Waals surface area contributed by atoms with Crippen molar-refractivity contribution in [2.75, 3.05) is 0 Å². The average Bonchev–Trinajstić information content (AvgIpc) is 2.45. The van der Waals surface area contributed by atoms with Gasteiger partial charge in [-0.15, -0.1) is 0 Å². The normalized spacial score (nSPS) is 16.7. The highest BCUT2D eigenvalue weighted by molar-refractivity contribution is 5.41. The fourth-order valence-corrected chi connectivity index (χ4v) is 3.14. The lowest BCUT2D eigenvalue weighted by Gasteiger charge is -2.29. The van der Waals surface area contributed by atoms with Gasteiger partial charge in [0.25, 0.3) is 0 Å². The molecular formula is C19H22O. The van der Waals surface area contributed by atoms with Crippen LogP contribution in [0.1, 0.15) is 60.5 Å². The van der Waals surface area contributed by atoms with Crippen molar-refractivity contribution in [2.24, 2.45) is 0 Å². The van der Waals surface area contributed by atoms with Crippen LogP contribution in [0.25, 0.3) is 0 Å². The Hall–Kier alpha value is -1.60. The lowest BCUT2D eigenvalue weighted by molar-refractivity contribution is 0.216. The van der Waals surface area contributed by atoms with Gasteiger partial charge in [0.15, 0.2) is 0 Å². The summed E-state index contributed by atoms with van der Waals surface area (Å²) in [4.78, 5) is 0. The molecule has 1 aliphatic carbocycles. The van der Waals surface area contributed by atoms with E-state index in [-0.39, 0.29) is 0 Å². The van der Waals surface area contributed by atoms with Gasteiger partial charge in [-0.2, -0.15) is 0 Å². The molecule has 1 unspecified atom stereocenters. The van der Waals surface area contributed by atoms with Crippen LogP contribution in [0, 0.1) is 0 Å². The van der Waals surface area contributed by atoms with Gasteiger partial charge in [-0.1, -0.05) is 61.9 Å². The molecule has 0 spiro atoms. The monoisotopic (exact) mass is 266 g/mol. The second-order valence-electron chi connectivity index (χ2n) is 5.71. The third-order valence-electron chi connectivity index (χ3n) is 4.57. The van der Waals surface area contributed by atoms with Crippen LogP contribution in [-0.4, -0.2) is 5.11 Å². The van der Waals surface area contributed by atoms with E-state index >= 15 is 0 Å². The maximum Gasteiger partial charge on any atom is 0.105 e. The van der Waals surface area contributed by atoms with Crippen molar-refractivity contribution in [3.63, 3.8) is 0 Å². The Morgan fingerprint density at radius 3 is 2.30 bits per heavy atom. The first-order chi connectivity index (χ1) is 9.81. The molecule has 3 rings (SSSR count). The van der Waals surface area contributed by atoms with Crippen LogP contribution < -0.4 is 0 Å². The second-order valence-corrected chi connectivity index (χ2v) is 5.71. The maximum atomic E-state index is 10.9. The van der Waals surface area contributed by atoms with Gasteiger partial charge in [0, 0.05) is 0 Å². The van der Waals surface area contributed by atoms with Gasteiger partial charge in [0.2, 0.25) is 0 Å². The molecule has 0 radical (unpaired) electrons. The number of hydrogen-bond donors (Lipinski definition) is 1. The van der Waals surface area contributed by atoms with Gasteiger partial charge < -0.3 is 5.11 Å². The summed E-state index contributed by atoms with van der Waals surface area (Å²) >= 11 is 0. The Bertz CT molecular complexity index is 584. The minimum absolute atomic E-state index is 0.497. The average molecular weight is 266 g/mol. The van der Waals surface area contributed by atoms with E-state index in [4.69, 9.17) is 0 Å². The van der Waals surface area contributed by atoms with E-state index in [9.17, 15) is 5.11 Å². The van der Waals surface area contributed by atoms with Crippen molar-refractivity contribution < 1.29 is 5.11 Å². The predicted octanol–water partition coefficient (Wildman–Crippen LogP) is 4.60. The molecule has 1 heteroatoms. The van der Waals surface area contributed by atoms with E-state index in [1.54, 1.807) is 0 Å². The number of aryl methyl sites for hydroxylation is 1. The predicted molar refractivity (Wildman–Crippen MR) is 82.9 cm³/mol. The Kier molecular flexibility index (Phi) is 3.88. The molecule has 1 N–H and O–H groups in total. The zero-order chi connectivity index (χ0) is 13.9. The van der Waals surface area contributed by atoms with Gasteiger partial charge in [-0.05, 0) is 47.4 Å². The van der Waals surface area contributed by atoms with E-state index in [1.165, 1.54) is 30.4 Å². The fraction of sp³-hybridized carbons (Fsp3) is 0.368. The summed E-state index contributed by atoms with van der Waals surface area (Å²) in [5, 5.41) is 10.9. The van der Waals surface area contributed by atoms with E-state index < -0.39 is 6.10 Å². The molecule has 0 saturated heterocycles. The number of aliphatic hydroxyl groups is 1. The standard InChI is InChI=1S/C19H22O/c1-2-14-8-3-4-12-17(14)19(20)18-13-6-5-11-16(18)15-9-7-10-15/h3-6,8,11-13,15,19-20H,2,7,9-10H2,1H3. The molecule has 0 aromatic heterocycles. The summed E-state index contributed by atoms with van der Waals surface area (Å²) in [7, 11) is 0. The van der Waals surface area contributed by atoms with E-state index in [0.717, 1.165) is 17.5 Å². The van der Waals surface area contributed by atoms with Crippen molar-refractivity contribution in [1.29, 1.82) is 0 Å². The quantitative estimate of drug-likeness (QED) is 0.857. The van der Waals surface area contributed by atoms with E-state index in [1.807, 2.05) is 18.2 Å². The largest absolute Gasteiger partial charge is 0.384 e. The first-order valence-electron chi connectivity index (χ1n) is 7.66. The van der Waals surface area contributed by atoms with Crippen LogP contribution in [0.15, 0.2) is 48.5 Å². The molecule has 1 fully saturated rings. The third kappa shape index (κ3) is 2.38. The molecule has 1 aliphatic rings. The van der Waals surface area contributed by atoms with Gasteiger partial charge in [0.05, 0.1) is 0 Å². The molecule has 0 bridgehead atoms. The highest BCUT2D eigenvalue weighted by Gasteiger charge is 2.25. The van der Waals surface area contributed by atoms with Crippen molar-refractivity contribution in [3.8, 4) is 0 Å². The molecule has 2 aromatic rings. The Morgan fingerprint density at radius 1 is 1.00 bits per heavy atom. The SMILES string of the molecule is CCc1ccccc1C(O)c1ccccc1C1CCC1. The number of aliphatic hydroxyl groups excluding tert-OH is 1. The third-order valence-corrected chi connectivity index (χ3v) is 4.57. The molecule has 0 aliphatic heterocycles. The zero-order valence-corrected chi connectivity index (χ0v) is 12.0. The Morgan fingerprint density at radius 2 is 1.65 bits per heavy atom. The summed E-state index contributed by atoms with van der Waals surface area (Å²) < 4.78 is 0. The summed E-state index contributed by atoms with van der Waals surface area (Å²) in [5.41, 5.74) is 4.74. The molecule has 104 valence electrons. The van der Waals surface area contributed by atoms with E-state index in [2.05, 4.69) is 37.3 Å². The van der Waals surface area contributed by atoms with Crippen LogP contribution in [0.3, 0.4) is 0 Å². The highest BCUT2D eigenvalue weighted by Crippen LogP contribution is 2.40. The second kappa shape index (κ2) is 5.80. The summed E-state index contributed by atoms with van der Waals surface area (Å²) in [6, 6.07) is 16.6. The van der Waals surface area contributed by atoms with Crippen molar-refractivity contribution >= 4 is 0 Å². The van der Waals surface area contributed by atoms with Crippen LogP contribution in [0.2, 0.25) is 0 Å². The van der Waals surface area contributed by atoms with Crippen LogP contribution in [0.4, 0.5) is 0 Å². The molecule has 20 heavy (non-hydrogen) atoms. The molecule has 1 atom stereocenters. The Balaban J connectivity index is 1.99. The van der Waals surface area contributed by atoms with Gasteiger partial charge in [-0.3, -0.25) is 0 Å². The number of hydrogen-bond acceptors (Lipinski definition) is 1. The molecule has 0 amide bonds. The van der Waals surface area contributed by atoms with E-state index in [0.29, 0.717) is 5.92 Å². The first-order valence-corrected chi connectivity index (χ1v) is 7.66. The number of benzene rings is 2. The lowest BCUT2D eigenvalue weighted by Crippen LogP contribution is -2.14. The minimum atomic E-state index is -0.497. The summed E-state index contributed by atoms with van der Waals surface area (Å²) in [5.74, 6) is 0.648. The maximum absolute atomic E-state index is 10.9. The molecule has 2 aromatic carbocycles. The molecule has 0 heterocycles. The van der Waals surface area contributed by atoms with Gasteiger partial charge in [0.1, 0.15) is 6.10 Å². The topological polar surface area (TPSA) is 20.2 Å². The fourth-order valence-electron chi connectivity index (χ4n) is 3.14. The van der Waals surface area contributed by atoms with Crippen LogP contribution >= 0.6 is 0 Å². The van der Waals surface area contributed by atoms with Crippen molar-refractivity contribution in [1.82, 2.24) is 0 Å².